The van der Waals surface area contributed by atoms with Crippen molar-refractivity contribution in [2.75, 3.05) is 31.6 Å². The molecular formula is C21H21N5O3S. The van der Waals surface area contributed by atoms with E-state index in [9.17, 15) is 4.79 Å². The molecule has 0 radical (unpaired) electrons. The molecule has 0 saturated carbocycles. The molecule has 0 saturated heterocycles. The van der Waals surface area contributed by atoms with Gasteiger partial charge in [0.05, 0.1) is 25.0 Å². The summed E-state index contributed by atoms with van der Waals surface area (Å²) in [7, 11) is 0. The van der Waals surface area contributed by atoms with Crippen LogP contribution in [0.1, 0.15) is 10.4 Å². The Morgan fingerprint density at radius 3 is 2.67 bits per heavy atom. The minimum Gasteiger partial charge on any atom is -0.492 e. The second-order valence-corrected chi connectivity index (χ2v) is 7.35. The van der Waals surface area contributed by atoms with Crippen LogP contribution in [0.25, 0.3) is 16.2 Å². The Hall–Kier alpha value is -3.43. The lowest BCUT2D eigenvalue weighted by molar-refractivity contribution is 0.0945. The van der Waals surface area contributed by atoms with Crippen LogP contribution in [-0.4, -0.2) is 51.9 Å². The van der Waals surface area contributed by atoms with E-state index in [1.807, 2.05) is 42.5 Å². The lowest BCUT2D eigenvalue weighted by atomic mass is 10.1. The van der Waals surface area contributed by atoms with Crippen LogP contribution in [0.15, 0.2) is 60.8 Å². The number of ether oxygens (including phenoxy) is 1. The van der Waals surface area contributed by atoms with Crippen molar-refractivity contribution in [3.05, 3.63) is 66.4 Å². The fourth-order valence-electron chi connectivity index (χ4n) is 2.87. The monoisotopic (exact) mass is 423 g/mol. The number of hydrogen-bond donors (Lipinski definition) is 3. The molecule has 3 N–H and O–H groups in total. The van der Waals surface area contributed by atoms with Crippen LogP contribution in [-0.2, 0) is 0 Å². The van der Waals surface area contributed by atoms with Gasteiger partial charge in [0.25, 0.3) is 5.91 Å². The highest BCUT2D eigenvalue weighted by Gasteiger charge is 2.12. The minimum atomic E-state index is -0.216. The topological polar surface area (TPSA) is 101 Å². The Bertz CT molecular complexity index is 1110. The maximum Gasteiger partial charge on any atom is 0.251 e. The molecule has 2 heterocycles. The minimum absolute atomic E-state index is 0.0871. The SMILES string of the molecule is O=C(NCCO)c1ccc(-c2cnc3sc(NCCOc4ccccc4)nn23)cc1. The second-order valence-electron chi connectivity index (χ2n) is 6.39. The van der Waals surface area contributed by atoms with Crippen LogP contribution in [0, 0.1) is 0 Å². The Balaban J connectivity index is 1.39. The van der Waals surface area contributed by atoms with E-state index < -0.39 is 0 Å². The average Bonchev–Trinajstić information content (AvgIpc) is 3.36. The number of anilines is 1. The average molecular weight is 423 g/mol. The maximum absolute atomic E-state index is 12.0. The highest BCUT2D eigenvalue weighted by atomic mass is 32.1. The van der Waals surface area contributed by atoms with E-state index in [1.54, 1.807) is 22.8 Å². The second kappa shape index (κ2) is 9.38. The molecule has 0 aliphatic heterocycles. The number of carbonyl (C=O) groups is 1. The normalized spacial score (nSPS) is 10.8. The number of nitrogens with zero attached hydrogens (tertiary/aromatic N) is 3. The molecule has 9 heteroatoms. The summed E-state index contributed by atoms with van der Waals surface area (Å²) in [6.45, 7) is 1.29. The standard InChI is InChI=1S/C21H21N5O3S/c27-12-10-22-19(28)16-8-6-15(7-9-16)18-14-24-21-26(18)25-20(30-21)23-11-13-29-17-4-2-1-3-5-17/h1-9,14,27H,10-13H2,(H,22,28)(H,23,25). The van der Waals surface area contributed by atoms with Gasteiger partial charge in [-0.05, 0) is 24.3 Å². The molecule has 0 aliphatic carbocycles. The van der Waals surface area contributed by atoms with Crippen molar-refractivity contribution in [1.29, 1.82) is 0 Å². The van der Waals surface area contributed by atoms with Crippen molar-refractivity contribution in [3.8, 4) is 17.0 Å². The highest BCUT2D eigenvalue weighted by Crippen LogP contribution is 2.26. The molecule has 2 aromatic carbocycles. The van der Waals surface area contributed by atoms with Crippen molar-refractivity contribution in [2.45, 2.75) is 0 Å². The smallest absolute Gasteiger partial charge is 0.251 e. The van der Waals surface area contributed by atoms with E-state index in [4.69, 9.17) is 9.84 Å². The molecule has 0 fully saturated rings. The van der Waals surface area contributed by atoms with Gasteiger partial charge in [0, 0.05) is 17.7 Å². The number of carbonyl (C=O) groups excluding carboxylic acids is 1. The van der Waals surface area contributed by atoms with Crippen LogP contribution in [0.3, 0.4) is 0 Å². The van der Waals surface area contributed by atoms with Gasteiger partial charge < -0.3 is 20.5 Å². The molecule has 0 aliphatic rings. The Labute approximate surface area is 177 Å². The van der Waals surface area contributed by atoms with Crippen molar-refractivity contribution in [1.82, 2.24) is 19.9 Å². The predicted molar refractivity (Wildman–Crippen MR) is 116 cm³/mol. The molecular weight excluding hydrogens is 402 g/mol. The van der Waals surface area contributed by atoms with Gasteiger partial charge in [-0.1, -0.05) is 41.7 Å². The number of aliphatic hydroxyl groups excluding tert-OH is 1. The van der Waals surface area contributed by atoms with Crippen LogP contribution in [0.4, 0.5) is 5.13 Å². The summed E-state index contributed by atoms with van der Waals surface area (Å²) in [5, 5.41) is 20.1. The summed E-state index contributed by atoms with van der Waals surface area (Å²) >= 11 is 1.46. The summed E-state index contributed by atoms with van der Waals surface area (Å²) in [6.07, 6.45) is 1.77. The fraction of sp³-hybridized carbons (Fsp3) is 0.190. The molecule has 154 valence electrons. The Kier molecular flexibility index (Phi) is 6.21. The third-order valence-corrected chi connectivity index (χ3v) is 5.20. The zero-order valence-corrected chi connectivity index (χ0v) is 16.9. The van der Waals surface area contributed by atoms with Gasteiger partial charge in [-0.3, -0.25) is 4.79 Å². The van der Waals surface area contributed by atoms with Crippen molar-refractivity contribution in [2.24, 2.45) is 0 Å². The van der Waals surface area contributed by atoms with E-state index in [1.165, 1.54) is 11.3 Å². The van der Waals surface area contributed by atoms with E-state index in [0.29, 0.717) is 18.7 Å². The van der Waals surface area contributed by atoms with Gasteiger partial charge in [-0.2, -0.15) is 0 Å². The largest absolute Gasteiger partial charge is 0.492 e. The molecule has 0 atom stereocenters. The molecule has 8 nitrogen and oxygen atoms in total. The number of aromatic nitrogens is 3. The van der Waals surface area contributed by atoms with Crippen molar-refractivity contribution >= 4 is 27.3 Å². The summed E-state index contributed by atoms with van der Waals surface area (Å²) in [5.41, 5.74) is 2.29. The zero-order chi connectivity index (χ0) is 20.8. The lowest BCUT2D eigenvalue weighted by Crippen LogP contribution is -2.26. The number of nitrogens with one attached hydrogen (secondary N) is 2. The Morgan fingerprint density at radius 2 is 1.90 bits per heavy atom. The number of benzene rings is 2. The maximum atomic E-state index is 12.0. The first kappa shape index (κ1) is 19.9. The molecule has 30 heavy (non-hydrogen) atoms. The first-order valence-electron chi connectivity index (χ1n) is 9.50. The summed E-state index contributed by atoms with van der Waals surface area (Å²) in [5.74, 6) is 0.621. The van der Waals surface area contributed by atoms with Crippen LogP contribution < -0.4 is 15.4 Å². The quantitative estimate of drug-likeness (QED) is 0.358. The molecule has 4 rings (SSSR count). The number of imidazole rings is 1. The van der Waals surface area contributed by atoms with Gasteiger partial charge in [0.15, 0.2) is 0 Å². The molecule has 2 aromatic heterocycles. The van der Waals surface area contributed by atoms with Gasteiger partial charge >= 0.3 is 0 Å². The van der Waals surface area contributed by atoms with Gasteiger partial charge in [0.1, 0.15) is 12.4 Å². The summed E-state index contributed by atoms with van der Waals surface area (Å²) in [4.78, 5) is 17.2. The third-order valence-electron chi connectivity index (χ3n) is 4.32. The van der Waals surface area contributed by atoms with Crippen LogP contribution in [0.5, 0.6) is 5.75 Å². The predicted octanol–water partition coefficient (Wildman–Crippen LogP) is 2.67. The highest BCUT2D eigenvalue weighted by molar-refractivity contribution is 7.20. The van der Waals surface area contributed by atoms with Gasteiger partial charge in [0.2, 0.25) is 10.1 Å². The number of amides is 1. The number of hydrogen-bond acceptors (Lipinski definition) is 7. The number of fused-ring (bicyclic) bond motifs is 1. The molecule has 0 bridgehead atoms. The first-order valence-corrected chi connectivity index (χ1v) is 10.3. The first-order chi connectivity index (χ1) is 14.7. The number of aliphatic hydroxyl groups is 1. The summed E-state index contributed by atoms with van der Waals surface area (Å²) in [6, 6.07) is 16.9. The van der Waals surface area contributed by atoms with Crippen LogP contribution >= 0.6 is 11.3 Å². The van der Waals surface area contributed by atoms with E-state index in [0.717, 1.165) is 27.1 Å². The lowest BCUT2D eigenvalue weighted by Gasteiger charge is -2.06. The molecule has 0 spiro atoms. The van der Waals surface area contributed by atoms with E-state index in [2.05, 4.69) is 20.7 Å². The molecule has 0 unspecified atom stereocenters. The van der Waals surface area contributed by atoms with E-state index >= 15 is 0 Å². The summed E-state index contributed by atoms with van der Waals surface area (Å²) < 4.78 is 7.46. The Morgan fingerprint density at radius 1 is 1.10 bits per heavy atom. The number of rotatable bonds is 9. The van der Waals surface area contributed by atoms with Crippen LogP contribution in [0.2, 0.25) is 0 Å². The van der Waals surface area contributed by atoms with Crippen molar-refractivity contribution < 1.29 is 14.6 Å². The van der Waals surface area contributed by atoms with E-state index in [-0.39, 0.29) is 19.1 Å². The van der Waals surface area contributed by atoms with Crippen molar-refractivity contribution in [3.63, 3.8) is 0 Å². The van der Waals surface area contributed by atoms with Gasteiger partial charge in [-0.25, -0.2) is 9.50 Å². The zero-order valence-electron chi connectivity index (χ0n) is 16.1. The number of para-hydroxylation sites is 1. The molecule has 4 aromatic rings. The third kappa shape index (κ3) is 4.58. The fourth-order valence-corrected chi connectivity index (χ4v) is 3.67. The molecule has 1 amide bonds. The van der Waals surface area contributed by atoms with Gasteiger partial charge in [-0.15, -0.1) is 5.10 Å².